The molecule has 0 fully saturated rings. The van der Waals surface area contributed by atoms with E-state index in [0.717, 1.165) is 38.5 Å². The SMILES string of the molecule is CC(C)OC(=O)CO.CCCCCOC(=O)C(C)(C)NP(=O)(CO[C@H](C)Cn1cnc2c(N)ncnc21)OCC(=O)OC(C)C.CCCCCOC(=O)C(C)(C)NP(=O)(CO[C@H](C)Cn1cnc2c(N)ncnc21)Oc1ccc(Cl)cc1. The van der Waals surface area contributed by atoms with Gasteiger partial charge in [-0.1, -0.05) is 51.1 Å². The molecule has 0 aliphatic rings. The Bertz CT molecular complexity index is 2890. The number of rotatable bonds is 32. The Morgan fingerprint density at radius 2 is 1.07 bits per heavy atom. The van der Waals surface area contributed by atoms with E-state index in [1.165, 1.54) is 26.5 Å². The minimum absolute atomic E-state index is 0.130. The van der Waals surface area contributed by atoms with Crippen LogP contribution in [0, 0.1) is 0 Å². The average molecular weight is 1210 g/mol. The molecule has 27 nitrogen and oxygen atoms in total. The van der Waals surface area contributed by atoms with Crippen molar-refractivity contribution in [2.75, 3.05) is 50.6 Å². The van der Waals surface area contributed by atoms with Gasteiger partial charge in [0, 0.05) is 5.02 Å². The highest BCUT2D eigenvalue weighted by Gasteiger charge is 2.41. The highest BCUT2D eigenvalue weighted by Crippen LogP contribution is 2.47. The first kappa shape index (κ1) is 70.4. The number of aromatic nitrogens is 8. The lowest BCUT2D eigenvalue weighted by Crippen LogP contribution is -2.47. The molecule has 7 N–H and O–H groups in total. The van der Waals surface area contributed by atoms with Gasteiger partial charge in [0.05, 0.1) is 63.4 Å². The van der Waals surface area contributed by atoms with Crippen LogP contribution in [0.15, 0.2) is 49.6 Å². The van der Waals surface area contributed by atoms with E-state index in [-0.39, 0.29) is 36.8 Å². The van der Waals surface area contributed by atoms with Gasteiger partial charge in [0.15, 0.2) is 29.5 Å². The zero-order valence-corrected chi connectivity index (χ0v) is 51.5. The number of nitrogens with one attached hydrogen (secondary N) is 2. The Morgan fingerprint density at radius 3 is 1.49 bits per heavy atom. The number of nitrogen functional groups attached to an aromatic ring is 2. The molecule has 2 unspecified atom stereocenters. The summed E-state index contributed by atoms with van der Waals surface area (Å²) >= 11 is 5.97. The lowest BCUT2D eigenvalue weighted by atomic mass is 10.1. The van der Waals surface area contributed by atoms with Gasteiger partial charge in [-0.05, 0) is 106 Å². The van der Waals surface area contributed by atoms with Gasteiger partial charge in [0.25, 0.3) is 7.52 Å². The summed E-state index contributed by atoms with van der Waals surface area (Å²) < 4.78 is 74.6. The molecule has 0 aliphatic heterocycles. The molecule has 4 aromatic heterocycles. The number of aliphatic hydroxyl groups is 1. The molecule has 0 aliphatic carbocycles. The zero-order chi connectivity index (χ0) is 61.3. The predicted molar refractivity (Wildman–Crippen MR) is 308 cm³/mol. The number of hydrogen-bond acceptors (Lipinski definition) is 23. The van der Waals surface area contributed by atoms with Crippen LogP contribution in [0.5, 0.6) is 5.75 Å². The summed E-state index contributed by atoms with van der Waals surface area (Å²) in [6.45, 7) is 20.9. The van der Waals surface area contributed by atoms with Gasteiger partial charge >= 0.3 is 31.4 Å². The molecular weight excluding hydrogens is 1130 g/mol. The van der Waals surface area contributed by atoms with E-state index >= 15 is 0 Å². The number of esters is 4. The summed E-state index contributed by atoms with van der Waals surface area (Å²) in [6, 6.07) is 6.43. The van der Waals surface area contributed by atoms with E-state index in [2.05, 4.69) is 51.7 Å². The second kappa shape index (κ2) is 34.0. The first-order valence-corrected chi connectivity index (χ1v) is 30.8. The highest BCUT2D eigenvalue weighted by atomic mass is 35.5. The lowest BCUT2D eigenvalue weighted by molar-refractivity contribution is -0.151. The van der Waals surface area contributed by atoms with Gasteiger partial charge in [0.2, 0.25) is 0 Å². The largest absolute Gasteiger partial charge is 0.464 e. The van der Waals surface area contributed by atoms with Crippen LogP contribution in [0.2, 0.25) is 5.02 Å². The Kier molecular flexibility index (Phi) is 29.2. The first-order valence-electron chi connectivity index (χ1n) is 26.8. The summed E-state index contributed by atoms with van der Waals surface area (Å²) in [5.41, 5.74) is 11.1. The van der Waals surface area contributed by atoms with E-state index in [1.807, 2.05) is 13.8 Å². The predicted octanol–water partition coefficient (Wildman–Crippen LogP) is 7.76. The Hall–Kier alpha value is -5.89. The van der Waals surface area contributed by atoms with Crippen LogP contribution in [0.25, 0.3) is 22.3 Å². The molecular formula is C52H83ClN12O15P2. The molecule has 0 spiro atoms. The Morgan fingerprint density at radius 1 is 0.646 bits per heavy atom. The fourth-order valence-electron chi connectivity index (χ4n) is 7.12. The van der Waals surface area contributed by atoms with Crippen LogP contribution >= 0.6 is 26.6 Å². The van der Waals surface area contributed by atoms with Gasteiger partial charge in [-0.25, -0.2) is 49.7 Å². The Balaban J connectivity index is 0.000000379. The molecule has 0 radical (unpaired) electrons. The third-order valence-corrected chi connectivity index (χ3v) is 15.1. The van der Waals surface area contributed by atoms with E-state index in [9.17, 15) is 28.3 Å². The van der Waals surface area contributed by atoms with Crippen molar-refractivity contribution < 1.29 is 70.9 Å². The van der Waals surface area contributed by atoms with Crippen LogP contribution in [-0.4, -0.2) is 143 Å². The number of aliphatic hydroxyl groups excluding tert-OH is 1. The van der Waals surface area contributed by atoms with Crippen molar-refractivity contribution in [1.82, 2.24) is 49.2 Å². The molecule has 4 atom stereocenters. The number of imidazole rings is 2. The molecule has 30 heteroatoms. The molecule has 5 rings (SSSR count). The number of unbranched alkanes of at least 4 members (excludes halogenated alkanes) is 4. The fourth-order valence-corrected chi connectivity index (χ4v) is 11.2. The maximum Gasteiger partial charge on any atom is 0.342 e. The van der Waals surface area contributed by atoms with Gasteiger partial charge in [-0.3, -0.25) is 18.7 Å². The third kappa shape index (κ3) is 24.5. The van der Waals surface area contributed by atoms with Crippen LogP contribution in [0.4, 0.5) is 11.6 Å². The number of carbonyl (C=O) groups is 4. The number of ether oxygens (including phenoxy) is 6. The maximum absolute atomic E-state index is 14.0. The van der Waals surface area contributed by atoms with Crippen molar-refractivity contribution in [3.05, 3.63) is 54.6 Å². The quantitative estimate of drug-likeness (QED) is 0.0119. The first-order chi connectivity index (χ1) is 38.6. The van der Waals surface area contributed by atoms with E-state index in [0.29, 0.717) is 52.8 Å². The molecule has 82 heavy (non-hydrogen) atoms. The molecule has 1 aromatic carbocycles. The van der Waals surface area contributed by atoms with Gasteiger partial charge in [-0.2, -0.15) is 0 Å². The smallest absolute Gasteiger partial charge is 0.342 e. The molecule has 4 heterocycles. The molecule has 458 valence electrons. The van der Waals surface area contributed by atoms with Gasteiger partial charge in [-0.15, -0.1) is 0 Å². The Labute approximate surface area is 484 Å². The van der Waals surface area contributed by atoms with Crippen molar-refractivity contribution in [2.45, 2.75) is 170 Å². The number of benzene rings is 1. The monoisotopic (exact) mass is 1210 g/mol. The van der Waals surface area contributed by atoms with Crippen molar-refractivity contribution >= 4 is 84.5 Å². The standard InChI is InChI=1S/C24H34ClN6O5P.C23H39N6O7P.C5H10O3/c1-5-6-7-12-34-23(32)24(3,4)30-37(33,36-19-10-8-18(25)9-11-19)16-35-17(2)13-31-15-29-20-21(26)27-14-28-22(20)31;1-7-8-9-10-33-22(31)23(5,6)28-37(32,35-12-18(30)36-16(2)3)15-34-17(4)11-29-14-27-19-20(24)25-13-26-21(19)29;1-4(2)8-5(7)3-6/h8-11,14-15,17H,5-7,12-13,16H2,1-4H3,(H,30,33)(H2,26,27,28);13-14,16-17H,7-12,15H2,1-6H3,(H,28,32)(H2,24,25,26);4,6H,3H2,1-2H3/t2*17-,37?;/m11./s1. The van der Waals surface area contributed by atoms with Crippen molar-refractivity contribution in [3.8, 4) is 5.75 Å². The second-order valence-electron chi connectivity index (χ2n) is 20.4. The second-order valence-corrected chi connectivity index (χ2v) is 25.0. The molecule has 0 saturated carbocycles. The summed E-state index contributed by atoms with van der Waals surface area (Å²) in [6.07, 6.45) is 9.11. The van der Waals surface area contributed by atoms with E-state index in [1.54, 1.807) is 94.5 Å². The van der Waals surface area contributed by atoms with E-state index < -0.39 is 81.8 Å². The van der Waals surface area contributed by atoms with Gasteiger partial charge < -0.3 is 63.2 Å². The highest BCUT2D eigenvalue weighted by molar-refractivity contribution is 7.57. The summed E-state index contributed by atoms with van der Waals surface area (Å²) in [5.74, 6) is -1.52. The van der Waals surface area contributed by atoms with Crippen molar-refractivity contribution in [1.29, 1.82) is 0 Å². The number of hydrogen-bond donors (Lipinski definition) is 5. The number of nitrogens with zero attached hydrogens (tertiary/aromatic N) is 8. The van der Waals surface area contributed by atoms with Crippen LogP contribution in [-0.2, 0) is 74.3 Å². The number of anilines is 2. The van der Waals surface area contributed by atoms with Gasteiger partial charge in [0.1, 0.15) is 59.8 Å². The topological polar surface area (TPSA) is 360 Å². The van der Waals surface area contributed by atoms with Crippen LogP contribution < -0.4 is 26.2 Å². The summed E-state index contributed by atoms with van der Waals surface area (Å²) in [5, 5.41) is 14.2. The zero-order valence-electron chi connectivity index (χ0n) is 49.0. The van der Waals surface area contributed by atoms with E-state index in [4.69, 9.17) is 60.9 Å². The molecule has 0 bridgehead atoms. The number of carbonyl (C=O) groups excluding carboxylic acids is 4. The number of halogens is 1. The molecule has 0 amide bonds. The third-order valence-electron chi connectivity index (χ3n) is 11.0. The van der Waals surface area contributed by atoms with Crippen LogP contribution in [0.1, 0.15) is 122 Å². The molecule has 5 aromatic rings. The van der Waals surface area contributed by atoms with Crippen molar-refractivity contribution in [3.63, 3.8) is 0 Å². The maximum atomic E-state index is 14.0. The fraction of sp³-hybridized carbons (Fsp3) is 0.615. The van der Waals surface area contributed by atoms with Crippen LogP contribution in [0.3, 0.4) is 0 Å². The summed E-state index contributed by atoms with van der Waals surface area (Å²) in [7, 11) is -7.64. The minimum Gasteiger partial charge on any atom is -0.464 e. The number of fused-ring (bicyclic) bond motifs is 2. The lowest BCUT2D eigenvalue weighted by Gasteiger charge is -2.30. The average Bonchev–Trinajstić information content (AvgIpc) is 4.14. The normalized spacial score (nSPS) is 13.9. The number of nitrogens with two attached hydrogens (primary N) is 2. The van der Waals surface area contributed by atoms with Crippen molar-refractivity contribution in [2.24, 2.45) is 0 Å². The molecule has 0 saturated heterocycles. The minimum atomic E-state index is -3.88. The summed E-state index contributed by atoms with van der Waals surface area (Å²) in [4.78, 5) is 72.4.